The van der Waals surface area contributed by atoms with Gasteiger partial charge in [0.2, 0.25) is 0 Å². The maximum Gasteiger partial charge on any atom is 0.253 e. The van der Waals surface area contributed by atoms with E-state index in [0.717, 1.165) is 5.39 Å². The number of hydrogen-bond donors (Lipinski definition) is 1. The van der Waals surface area contributed by atoms with E-state index in [1.807, 2.05) is 39.0 Å². The summed E-state index contributed by atoms with van der Waals surface area (Å²) >= 11 is 0. The van der Waals surface area contributed by atoms with E-state index in [4.69, 9.17) is 0 Å². The minimum absolute atomic E-state index is 0.113. The fraction of sp³-hybridized carbons (Fsp3) is 0.438. The molecule has 1 N–H and O–H groups in total. The summed E-state index contributed by atoms with van der Waals surface area (Å²) < 4.78 is 0. The number of fused-ring (bicyclic) bond motifs is 1. The van der Waals surface area contributed by atoms with Crippen LogP contribution in [0, 0.1) is 0 Å². The van der Waals surface area contributed by atoms with Gasteiger partial charge in [-0.25, -0.2) is 0 Å². The number of aromatic nitrogens is 2. The number of benzene rings is 1. The predicted octanol–water partition coefficient (Wildman–Crippen LogP) is 3.28. The van der Waals surface area contributed by atoms with Crippen LogP contribution in [0.4, 0.5) is 0 Å². The highest BCUT2D eigenvalue weighted by Crippen LogP contribution is 2.26. The third-order valence-corrected chi connectivity index (χ3v) is 3.07. The van der Waals surface area contributed by atoms with Crippen LogP contribution in [0.3, 0.4) is 0 Å². The van der Waals surface area contributed by atoms with Gasteiger partial charge in [-0.05, 0) is 44.4 Å². The second-order valence-corrected chi connectivity index (χ2v) is 6.35. The Hall–Kier alpha value is -1.97. The standard InChI is InChI=1S/C16H21N3O/c1-10(2)11-6-7-13(15(20)18-16(3,4)5)14-12(11)8-9-17-19-14/h6-10H,1-5H3,(H,18,20). The molecule has 106 valence electrons. The molecule has 0 atom stereocenters. The zero-order chi connectivity index (χ0) is 14.9. The van der Waals surface area contributed by atoms with Crippen LogP contribution in [0.1, 0.15) is 56.5 Å². The topological polar surface area (TPSA) is 54.9 Å². The van der Waals surface area contributed by atoms with Crippen LogP contribution in [0.15, 0.2) is 24.4 Å². The van der Waals surface area contributed by atoms with E-state index < -0.39 is 0 Å². The van der Waals surface area contributed by atoms with Crippen LogP contribution in [-0.2, 0) is 0 Å². The van der Waals surface area contributed by atoms with Gasteiger partial charge in [0.05, 0.1) is 11.8 Å². The molecule has 1 aromatic carbocycles. The lowest BCUT2D eigenvalue weighted by Gasteiger charge is -2.21. The molecule has 1 heterocycles. The normalized spacial score (nSPS) is 11.9. The Kier molecular flexibility index (Phi) is 3.75. The van der Waals surface area contributed by atoms with Crippen molar-refractivity contribution in [2.75, 3.05) is 0 Å². The van der Waals surface area contributed by atoms with E-state index in [2.05, 4.69) is 29.4 Å². The second kappa shape index (κ2) is 5.19. The van der Waals surface area contributed by atoms with Crippen molar-refractivity contribution in [1.82, 2.24) is 15.5 Å². The van der Waals surface area contributed by atoms with Gasteiger partial charge in [0.1, 0.15) is 5.52 Å². The van der Waals surface area contributed by atoms with Crippen molar-refractivity contribution in [1.29, 1.82) is 0 Å². The Morgan fingerprint density at radius 2 is 1.90 bits per heavy atom. The van der Waals surface area contributed by atoms with E-state index in [0.29, 0.717) is 17.0 Å². The Balaban J connectivity index is 2.56. The number of nitrogens with one attached hydrogen (secondary N) is 1. The molecule has 0 aliphatic heterocycles. The van der Waals surface area contributed by atoms with Crippen LogP contribution in [0.5, 0.6) is 0 Å². The lowest BCUT2D eigenvalue weighted by Crippen LogP contribution is -2.40. The summed E-state index contributed by atoms with van der Waals surface area (Å²) in [7, 11) is 0. The lowest BCUT2D eigenvalue weighted by atomic mass is 9.95. The molecule has 0 saturated heterocycles. The fourth-order valence-electron chi connectivity index (χ4n) is 2.20. The maximum absolute atomic E-state index is 12.4. The molecule has 2 aromatic rings. The van der Waals surface area contributed by atoms with Crippen molar-refractivity contribution in [2.24, 2.45) is 0 Å². The molecule has 4 heteroatoms. The zero-order valence-electron chi connectivity index (χ0n) is 12.7. The molecule has 0 aliphatic rings. The third kappa shape index (κ3) is 2.95. The van der Waals surface area contributed by atoms with Crippen LogP contribution in [0.2, 0.25) is 0 Å². The van der Waals surface area contributed by atoms with E-state index >= 15 is 0 Å². The number of carbonyl (C=O) groups is 1. The number of rotatable bonds is 2. The highest BCUT2D eigenvalue weighted by atomic mass is 16.1. The van der Waals surface area contributed by atoms with Crippen LogP contribution < -0.4 is 5.32 Å². The summed E-state index contributed by atoms with van der Waals surface area (Å²) in [6, 6.07) is 5.77. The van der Waals surface area contributed by atoms with Gasteiger partial charge in [0.15, 0.2) is 0 Å². The van der Waals surface area contributed by atoms with Gasteiger partial charge in [0.25, 0.3) is 5.91 Å². The average Bonchev–Trinajstić information content (AvgIpc) is 2.35. The summed E-state index contributed by atoms with van der Waals surface area (Å²) in [5.74, 6) is 0.264. The molecule has 0 aliphatic carbocycles. The molecular weight excluding hydrogens is 250 g/mol. The van der Waals surface area contributed by atoms with Crippen molar-refractivity contribution >= 4 is 16.8 Å². The van der Waals surface area contributed by atoms with Crippen LogP contribution in [0.25, 0.3) is 10.9 Å². The minimum Gasteiger partial charge on any atom is -0.347 e. The summed E-state index contributed by atoms with van der Waals surface area (Å²) in [5.41, 5.74) is 2.15. The van der Waals surface area contributed by atoms with Crippen molar-refractivity contribution in [3.05, 3.63) is 35.5 Å². The number of amides is 1. The molecule has 0 fully saturated rings. The predicted molar refractivity (Wildman–Crippen MR) is 80.8 cm³/mol. The number of nitrogens with zero attached hydrogens (tertiary/aromatic N) is 2. The first-order chi connectivity index (χ1) is 9.29. The molecule has 0 radical (unpaired) electrons. The van der Waals surface area contributed by atoms with Crippen molar-refractivity contribution in [3.63, 3.8) is 0 Å². The average molecular weight is 271 g/mol. The van der Waals surface area contributed by atoms with Gasteiger partial charge >= 0.3 is 0 Å². The van der Waals surface area contributed by atoms with Crippen LogP contribution in [-0.4, -0.2) is 21.6 Å². The molecule has 20 heavy (non-hydrogen) atoms. The molecule has 1 amide bonds. The highest BCUT2D eigenvalue weighted by Gasteiger charge is 2.19. The summed E-state index contributed by atoms with van der Waals surface area (Å²) in [5, 5.41) is 12.1. The number of carbonyl (C=O) groups excluding carboxylic acids is 1. The van der Waals surface area contributed by atoms with Gasteiger partial charge in [-0.3, -0.25) is 4.79 Å². The SMILES string of the molecule is CC(C)c1ccc(C(=O)NC(C)(C)C)c2nnccc12. The zero-order valence-corrected chi connectivity index (χ0v) is 12.7. The van der Waals surface area contributed by atoms with E-state index in [1.54, 1.807) is 6.20 Å². The third-order valence-electron chi connectivity index (χ3n) is 3.07. The van der Waals surface area contributed by atoms with Crippen LogP contribution >= 0.6 is 0 Å². The molecular formula is C16H21N3O. The summed E-state index contributed by atoms with van der Waals surface area (Å²) in [6.07, 6.45) is 1.67. The minimum atomic E-state index is -0.275. The molecule has 0 bridgehead atoms. The molecule has 4 nitrogen and oxygen atoms in total. The Morgan fingerprint density at radius 3 is 2.50 bits per heavy atom. The Morgan fingerprint density at radius 1 is 1.20 bits per heavy atom. The molecule has 2 rings (SSSR count). The van der Waals surface area contributed by atoms with Gasteiger partial charge in [-0.1, -0.05) is 19.9 Å². The van der Waals surface area contributed by atoms with E-state index in [1.165, 1.54) is 5.56 Å². The Labute approximate surface area is 119 Å². The van der Waals surface area contributed by atoms with Gasteiger partial charge in [0, 0.05) is 10.9 Å². The maximum atomic E-state index is 12.4. The molecule has 0 saturated carbocycles. The van der Waals surface area contributed by atoms with Gasteiger partial charge < -0.3 is 5.32 Å². The summed E-state index contributed by atoms with van der Waals surface area (Å²) in [6.45, 7) is 10.1. The smallest absolute Gasteiger partial charge is 0.253 e. The van der Waals surface area contributed by atoms with Gasteiger partial charge in [-0.2, -0.15) is 5.10 Å². The second-order valence-electron chi connectivity index (χ2n) is 6.35. The fourth-order valence-corrected chi connectivity index (χ4v) is 2.20. The summed E-state index contributed by atoms with van der Waals surface area (Å²) in [4.78, 5) is 12.4. The lowest BCUT2D eigenvalue weighted by molar-refractivity contribution is 0.0921. The van der Waals surface area contributed by atoms with E-state index in [-0.39, 0.29) is 11.4 Å². The molecule has 0 unspecified atom stereocenters. The highest BCUT2D eigenvalue weighted by molar-refractivity contribution is 6.06. The first-order valence-corrected chi connectivity index (χ1v) is 6.86. The number of hydrogen-bond acceptors (Lipinski definition) is 3. The van der Waals surface area contributed by atoms with Crippen molar-refractivity contribution < 1.29 is 4.79 Å². The monoisotopic (exact) mass is 271 g/mol. The molecule has 0 spiro atoms. The van der Waals surface area contributed by atoms with Gasteiger partial charge in [-0.15, -0.1) is 5.10 Å². The first kappa shape index (κ1) is 14.4. The quantitative estimate of drug-likeness (QED) is 0.912. The van der Waals surface area contributed by atoms with Crippen molar-refractivity contribution in [2.45, 2.75) is 46.1 Å². The largest absolute Gasteiger partial charge is 0.347 e. The van der Waals surface area contributed by atoms with E-state index in [9.17, 15) is 4.79 Å². The molecule has 1 aromatic heterocycles. The first-order valence-electron chi connectivity index (χ1n) is 6.86. The van der Waals surface area contributed by atoms with Crippen molar-refractivity contribution in [3.8, 4) is 0 Å². The Bertz CT molecular complexity index is 642.